The van der Waals surface area contributed by atoms with Gasteiger partial charge in [-0.3, -0.25) is 18.9 Å². The van der Waals surface area contributed by atoms with Crippen LogP contribution in [0.5, 0.6) is 0 Å². The van der Waals surface area contributed by atoms with E-state index in [1.54, 1.807) is 4.90 Å². The summed E-state index contributed by atoms with van der Waals surface area (Å²) in [5, 5.41) is 5.35. The SMILES string of the molecule is O=C1[C@H](OS(=O)(=O)C2CCC2)[C@@H](c2ccc(F)cn2)N1c1cc2c3ccccc3ccc2c2ccccc12. The molecule has 0 bridgehead atoms. The molecule has 1 amide bonds. The summed E-state index contributed by atoms with van der Waals surface area (Å²) < 4.78 is 45.1. The van der Waals surface area contributed by atoms with Crippen LogP contribution in [-0.2, 0) is 19.1 Å². The van der Waals surface area contributed by atoms with Gasteiger partial charge in [-0.2, -0.15) is 8.42 Å². The fourth-order valence-corrected chi connectivity index (χ4v) is 7.14. The van der Waals surface area contributed by atoms with Gasteiger partial charge < -0.3 is 0 Å². The fourth-order valence-electron chi connectivity index (χ4n) is 5.60. The van der Waals surface area contributed by atoms with E-state index in [0.29, 0.717) is 24.2 Å². The molecule has 0 spiro atoms. The largest absolute Gasteiger partial charge is 0.297 e. The maximum absolute atomic E-state index is 13.8. The number of pyridine rings is 1. The van der Waals surface area contributed by atoms with Gasteiger partial charge in [-0.1, -0.05) is 67.1 Å². The van der Waals surface area contributed by atoms with Crippen molar-refractivity contribution in [1.29, 1.82) is 0 Å². The minimum absolute atomic E-state index is 0.363. The van der Waals surface area contributed by atoms with Gasteiger partial charge in [-0.15, -0.1) is 0 Å². The van der Waals surface area contributed by atoms with Crippen molar-refractivity contribution in [3.8, 4) is 0 Å². The van der Waals surface area contributed by atoms with E-state index in [1.807, 2.05) is 54.6 Å². The van der Waals surface area contributed by atoms with Gasteiger partial charge in [0.1, 0.15) is 11.9 Å². The van der Waals surface area contributed by atoms with Crippen LogP contribution >= 0.6 is 0 Å². The summed E-state index contributed by atoms with van der Waals surface area (Å²) in [5.74, 6) is -0.984. The van der Waals surface area contributed by atoms with Crippen LogP contribution in [0.3, 0.4) is 0 Å². The van der Waals surface area contributed by atoms with E-state index >= 15 is 0 Å². The average Bonchev–Trinajstić information content (AvgIpc) is 2.89. The lowest BCUT2D eigenvalue weighted by Gasteiger charge is -2.46. The van der Waals surface area contributed by atoms with Crippen molar-refractivity contribution in [2.24, 2.45) is 0 Å². The quantitative estimate of drug-likeness (QED) is 0.159. The van der Waals surface area contributed by atoms with Gasteiger partial charge in [0.05, 0.1) is 22.8 Å². The molecule has 7 rings (SSSR count). The highest BCUT2D eigenvalue weighted by Crippen LogP contribution is 2.46. The van der Waals surface area contributed by atoms with Crippen LogP contribution in [0.25, 0.3) is 32.3 Å². The molecule has 1 aliphatic heterocycles. The molecule has 1 saturated heterocycles. The number of nitrogens with zero attached hydrogens (tertiary/aromatic N) is 2. The average molecular weight is 527 g/mol. The molecule has 6 nitrogen and oxygen atoms in total. The lowest BCUT2D eigenvalue weighted by Crippen LogP contribution is -2.61. The van der Waals surface area contributed by atoms with E-state index in [2.05, 4.69) is 17.1 Å². The van der Waals surface area contributed by atoms with Crippen LogP contribution in [0, 0.1) is 5.82 Å². The van der Waals surface area contributed by atoms with Gasteiger partial charge in [0.2, 0.25) is 0 Å². The summed E-state index contributed by atoms with van der Waals surface area (Å²) in [6, 6.07) is 23.9. The summed E-state index contributed by atoms with van der Waals surface area (Å²) in [4.78, 5) is 19.5. The Morgan fingerprint density at radius 1 is 0.842 bits per heavy atom. The summed E-state index contributed by atoms with van der Waals surface area (Å²) in [6.07, 6.45) is 1.67. The first-order chi connectivity index (χ1) is 18.4. The topological polar surface area (TPSA) is 76.6 Å². The van der Waals surface area contributed by atoms with Crippen molar-refractivity contribution in [3.63, 3.8) is 0 Å². The molecule has 0 N–H and O–H groups in total. The second-order valence-electron chi connectivity index (χ2n) is 9.94. The first-order valence-corrected chi connectivity index (χ1v) is 14.1. The van der Waals surface area contributed by atoms with Gasteiger partial charge in [0, 0.05) is 5.39 Å². The van der Waals surface area contributed by atoms with Crippen molar-refractivity contribution in [3.05, 3.63) is 96.6 Å². The van der Waals surface area contributed by atoms with Crippen LogP contribution < -0.4 is 4.90 Å². The molecule has 1 aliphatic carbocycles. The first kappa shape index (κ1) is 23.3. The van der Waals surface area contributed by atoms with Crippen LogP contribution in [0.15, 0.2) is 85.1 Å². The lowest BCUT2D eigenvalue weighted by molar-refractivity contribution is -0.134. The molecular weight excluding hydrogens is 503 g/mol. The van der Waals surface area contributed by atoms with Crippen molar-refractivity contribution in [2.75, 3.05) is 4.90 Å². The molecule has 2 aliphatic rings. The Balaban J connectivity index is 1.42. The Bertz CT molecular complexity index is 1850. The zero-order valence-corrected chi connectivity index (χ0v) is 21.1. The van der Waals surface area contributed by atoms with E-state index in [0.717, 1.165) is 44.9 Å². The first-order valence-electron chi connectivity index (χ1n) is 12.6. The summed E-state index contributed by atoms with van der Waals surface area (Å²) in [5.41, 5.74) is 0.994. The summed E-state index contributed by atoms with van der Waals surface area (Å²) in [6.45, 7) is 0. The maximum Gasteiger partial charge on any atom is 0.271 e. The van der Waals surface area contributed by atoms with Crippen LogP contribution in [0.2, 0.25) is 0 Å². The molecule has 38 heavy (non-hydrogen) atoms. The normalized spacial score (nSPS) is 20.1. The van der Waals surface area contributed by atoms with Gasteiger partial charge >= 0.3 is 0 Å². The molecule has 8 heteroatoms. The molecule has 5 aromatic rings. The summed E-state index contributed by atoms with van der Waals surface area (Å²) >= 11 is 0. The number of carbonyl (C=O) groups is 1. The van der Waals surface area contributed by atoms with Crippen molar-refractivity contribution in [2.45, 2.75) is 36.7 Å². The Hall–Kier alpha value is -3.88. The van der Waals surface area contributed by atoms with Gasteiger partial charge in [-0.25, -0.2) is 4.39 Å². The second kappa shape index (κ2) is 8.58. The molecular formula is C30H23FN2O4S. The Kier molecular flexibility index (Phi) is 5.25. The second-order valence-corrected chi connectivity index (χ2v) is 11.8. The van der Waals surface area contributed by atoms with Crippen molar-refractivity contribution in [1.82, 2.24) is 4.98 Å². The number of aromatic nitrogens is 1. The predicted molar refractivity (Wildman–Crippen MR) is 145 cm³/mol. The summed E-state index contributed by atoms with van der Waals surface area (Å²) in [7, 11) is -3.93. The van der Waals surface area contributed by atoms with E-state index in [4.69, 9.17) is 4.18 Å². The number of rotatable bonds is 5. The van der Waals surface area contributed by atoms with E-state index < -0.39 is 39.2 Å². The third-order valence-electron chi connectivity index (χ3n) is 7.80. The minimum atomic E-state index is -3.93. The molecule has 1 aromatic heterocycles. The molecule has 0 radical (unpaired) electrons. The molecule has 2 heterocycles. The van der Waals surface area contributed by atoms with Crippen LogP contribution in [0.1, 0.15) is 31.0 Å². The standard InChI is InChI=1S/C30H23FN2O4S/c31-19-13-15-26(32-17-19)28-29(37-38(35,36)20-7-5-8-20)30(34)33(28)27-16-25-21-9-2-1-6-18(21)12-14-23(25)22-10-3-4-11-24(22)27/h1-4,6,9-17,20,28-29H,5,7-8H2/t28-,29-/m1/s1. The minimum Gasteiger partial charge on any atom is -0.297 e. The number of anilines is 1. The number of benzene rings is 4. The fraction of sp³-hybridized carbons (Fsp3) is 0.200. The highest BCUT2D eigenvalue weighted by atomic mass is 32.2. The highest BCUT2D eigenvalue weighted by Gasteiger charge is 2.54. The monoisotopic (exact) mass is 526 g/mol. The van der Waals surface area contributed by atoms with Crippen molar-refractivity contribution < 1.29 is 21.8 Å². The molecule has 2 atom stereocenters. The molecule has 1 saturated carbocycles. The molecule has 0 unspecified atom stereocenters. The lowest BCUT2D eigenvalue weighted by atomic mass is 9.90. The highest BCUT2D eigenvalue weighted by molar-refractivity contribution is 7.87. The predicted octanol–water partition coefficient (Wildman–Crippen LogP) is 6.04. The van der Waals surface area contributed by atoms with E-state index in [9.17, 15) is 17.6 Å². The zero-order valence-electron chi connectivity index (χ0n) is 20.2. The van der Waals surface area contributed by atoms with Gasteiger partial charge in [-0.05, 0) is 58.0 Å². The molecule has 2 fully saturated rings. The zero-order chi connectivity index (χ0) is 26.0. The number of halogens is 1. The van der Waals surface area contributed by atoms with Crippen LogP contribution in [0.4, 0.5) is 10.1 Å². The van der Waals surface area contributed by atoms with E-state index in [-0.39, 0.29) is 0 Å². The van der Waals surface area contributed by atoms with E-state index in [1.165, 1.54) is 12.1 Å². The van der Waals surface area contributed by atoms with Gasteiger partial charge in [0.15, 0.2) is 6.10 Å². The smallest absolute Gasteiger partial charge is 0.271 e. The third-order valence-corrected chi connectivity index (χ3v) is 9.57. The van der Waals surface area contributed by atoms with Crippen molar-refractivity contribution >= 4 is 54.0 Å². The maximum atomic E-state index is 13.8. The number of hydrogen-bond acceptors (Lipinski definition) is 5. The third kappa shape index (κ3) is 3.51. The Morgan fingerprint density at radius 2 is 1.55 bits per heavy atom. The van der Waals surface area contributed by atoms with Gasteiger partial charge in [0.25, 0.3) is 16.0 Å². The molecule has 190 valence electrons. The number of fused-ring (bicyclic) bond motifs is 5. The van der Waals surface area contributed by atoms with Crippen LogP contribution in [-0.4, -0.2) is 30.7 Å². The number of hydrogen-bond donors (Lipinski definition) is 0. The Labute approximate surface area is 218 Å². The number of β-lactam (4-membered cyclic amide) rings is 1. The number of amides is 1. The number of carbonyl (C=O) groups excluding carboxylic acids is 1. The molecule has 4 aromatic carbocycles. The Morgan fingerprint density at radius 3 is 2.26 bits per heavy atom.